The van der Waals surface area contributed by atoms with Gasteiger partial charge in [-0.3, -0.25) is 4.79 Å². The number of rotatable bonds is 7. The predicted octanol–water partition coefficient (Wildman–Crippen LogP) is 8.65. The van der Waals surface area contributed by atoms with Gasteiger partial charge in [0.2, 0.25) is 6.10 Å². The molecule has 0 aliphatic carbocycles. The molecular weight excluding hydrogens is 648 g/mol. The Morgan fingerprint density at radius 1 is 0.750 bits per heavy atom. The Kier molecular flexibility index (Phi) is 7.85. The molecule has 0 radical (unpaired) electrons. The number of ether oxygens (including phenoxy) is 4. The number of esters is 3. The van der Waals surface area contributed by atoms with Gasteiger partial charge in [-0.2, -0.15) is 0 Å². The molecule has 0 spiro atoms. The zero-order valence-electron chi connectivity index (χ0n) is 25.9. The third-order valence-electron chi connectivity index (χ3n) is 9.24. The zero-order valence-corrected chi connectivity index (χ0v) is 27.5. The van der Waals surface area contributed by atoms with Gasteiger partial charge in [-0.1, -0.05) is 84.4 Å². The van der Waals surface area contributed by atoms with Gasteiger partial charge in [0.25, 0.3) is 0 Å². The van der Waals surface area contributed by atoms with Gasteiger partial charge in [0, 0.05) is 40.1 Å². The molecule has 48 heavy (non-hydrogen) atoms. The van der Waals surface area contributed by atoms with Gasteiger partial charge in [0.05, 0.1) is 30.9 Å². The monoisotopic (exact) mass is 676 g/mol. The van der Waals surface area contributed by atoms with E-state index in [0.717, 1.165) is 49.4 Å². The van der Waals surface area contributed by atoms with Crippen LogP contribution >= 0.6 is 23.4 Å². The van der Waals surface area contributed by atoms with E-state index < -0.39 is 18.0 Å². The second-order valence-electron chi connectivity index (χ2n) is 11.9. The summed E-state index contributed by atoms with van der Waals surface area (Å²) in [4.78, 5) is 38.4. The van der Waals surface area contributed by atoms with Gasteiger partial charge in [0.15, 0.2) is 0 Å². The normalized spacial score (nSPS) is 17.7. The molecule has 0 saturated carbocycles. The summed E-state index contributed by atoms with van der Waals surface area (Å²) in [6.07, 6.45) is 0.0663. The van der Waals surface area contributed by atoms with E-state index in [1.807, 2.05) is 60.7 Å². The van der Waals surface area contributed by atoms with E-state index in [1.165, 1.54) is 0 Å². The van der Waals surface area contributed by atoms with Crippen molar-refractivity contribution in [3.05, 3.63) is 101 Å². The number of halogens is 1. The highest BCUT2D eigenvalue weighted by atomic mass is 35.5. The molecule has 2 unspecified atom stereocenters. The molecule has 2 aliphatic heterocycles. The maximum Gasteiger partial charge on any atom is 0.347 e. The average Bonchev–Trinajstić information content (AvgIpc) is 3.72. The Hall–Kier alpha value is -4.79. The first-order valence-corrected chi connectivity index (χ1v) is 17.2. The van der Waals surface area contributed by atoms with Crippen LogP contribution in [0.2, 0.25) is 5.02 Å². The van der Waals surface area contributed by atoms with Crippen LogP contribution in [0.15, 0.2) is 84.9 Å². The lowest BCUT2D eigenvalue weighted by molar-refractivity contribution is -0.145. The summed E-state index contributed by atoms with van der Waals surface area (Å²) in [5.41, 5.74) is 3.25. The molecule has 0 amide bonds. The van der Waals surface area contributed by atoms with Crippen molar-refractivity contribution in [2.45, 2.75) is 29.9 Å². The van der Waals surface area contributed by atoms with Crippen molar-refractivity contribution in [1.29, 1.82) is 0 Å². The van der Waals surface area contributed by atoms with Crippen LogP contribution in [0.4, 0.5) is 0 Å². The van der Waals surface area contributed by atoms with Crippen LogP contribution in [0, 0.1) is 0 Å². The lowest BCUT2D eigenvalue weighted by Crippen LogP contribution is -2.23. The summed E-state index contributed by atoms with van der Waals surface area (Å²) in [6.45, 7) is 0.669. The summed E-state index contributed by atoms with van der Waals surface area (Å²) < 4.78 is 22.0. The van der Waals surface area contributed by atoms with Gasteiger partial charge < -0.3 is 18.9 Å². The van der Waals surface area contributed by atoms with Crippen molar-refractivity contribution in [1.82, 2.24) is 0 Å². The van der Waals surface area contributed by atoms with Gasteiger partial charge in [-0.15, -0.1) is 11.8 Å². The maximum atomic E-state index is 13.8. The van der Waals surface area contributed by atoms with Crippen LogP contribution in [-0.2, 0) is 29.6 Å². The fourth-order valence-corrected chi connectivity index (χ4v) is 8.37. The molecule has 6 aromatic carbocycles. The Morgan fingerprint density at radius 2 is 1.35 bits per heavy atom. The van der Waals surface area contributed by atoms with Crippen molar-refractivity contribution < 1.29 is 33.3 Å². The maximum absolute atomic E-state index is 13.8. The molecule has 2 atom stereocenters. The topological polar surface area (TPSA) is 88.1 Å². The molecule has 2 fully saturated rings. The van der Waals surface area contributed by atoms with Crippen LogP contribution in [0.5, 0.6) is 5.75 Å². The Morgan fingerprint density at radius 3 is 2.04 bits per heavy atom. The van der Waals surface area contributed by atoms with Crippen molar-refractivity contribution in [2.24, 2.45) is 0 Å². The molecule has 7 nitrogen and oxygen atoms in total. The third kappa shape index (κ3) is 5.11. The van der Waals surface area contributed by atoms with E-state index in [4.69, 9.17) is 30.5 Å². The average molecular weight is 677 g/mol. The quantitative estimate of drug-likeness (QED) is 0.0943. The Bertz CT molecular complexity index is 2320. The summed E-state index contributed by atoms with van der Waals surface area (Å²) in [5, 5.41) is 7.06. The van der Waals surface area contributed by atoms with Gasteiger partial charge in [0.1, 0.15) is 11.0 Å². The van der Waals surface area contributed by atoms with Crippen molar-refractivity contribution in [2.75, 3.05) is 20.3 Å². The highest BCUT2D eigenvalue weighted by molar-refractivity contribution is 7.99. The largest absolute Gasteiger partial charge is 0.495 e. The molecule has 0 aromatic heterocycles. The van der Waals surface area contributed by atoms with E-state index in [-0.39, 0.29) is 17.8 Å². The van der Waals surface area contributed by atoms with Gasteiger partial charge in [-0.25, -0.2) is 9.59 Å². The molecule has 6 aromatic rings. The molecule has 0 N–H and O–H groups in total. The van der Waals surface area contributed by atoms with Crippen LogP contribution in [0.25, 0.3) is 54.2 Å². The first kappa shape index (κ1) is 30.5. The van der Waals surface area contributed by atoms with Crippen LogP contribution in [-0.4, -0.2) is 49.6 Å². The molecule has 8 rings (SSSR count). The summed E-state index contributed by atoms with van der Waals surface area (Å²) in [5.74, 6) is 0.0962. The number of carbonyl (C=O) groups excluding carboxylic acids is 3. The molecule has 240 valence electrons. The van der Waals surface area contributed by atoms with E-state index >= 15 is 0 Å². The highest BCUT2D eigenvalue weighted by Crippen LogP contribution is 2.43. The fourth-order valence-electron chi connectivity index (χ4n) is 6.89. The smallest absolute Gasteiger partial charge is 0.347 e. The first-order valence-electron chi connectivity index (χ1n) is 15.7. The van der Waals surface area contributed by atoms with Crippen LogP contribution in [0.1, 0.15) is 28.8 Å². The highest BCUT2D eigenvalue weighted by Gasteiger charge is 2.32. The summed E-state index contributed by atoms with van der Waals surface area (Å²) >= 11 is 8.55. The number of hydrogen-bond donors (Lipinski definition) is 0. The van der Waals surface area contributed by atoms with E-state index in [0.29, 0.717) is 51.9 Å². The Labute approximate surface area is 285 Å². The molecule has 0 bridgehead atoms. The van der Waals surface area contributed by atoms with E-state index in [1.54, 1.807) is 18.9 Å². The Balaban J connectivity index is 1.31. The number of hydrogen-bond acceptors (Lipinski definition) is 8. The minimum atomic E-state index is -0.946. The number of methoxy groups -OCH3 is 1. The second-order valence-corrected chi connectivity index (χ2v) is 13.5. The SMILES string of the molecule is COc1c2ccccc2c(CSC2CCOC2=O)c2cc(-c3ccc4c(Cl)c5ccccc5c(C(=O)OC5CCOC5=O)c4c3)ccc12. The summed E-state index contributed by atoms with van der Waals surface area (Å²) in [7, 11) is 1.68. The second kappa shape index (κ2) is 12.3. The number of cyclic esters (lactones) is 2. The number of benzene rings is 6. The van der Waals surface area contributed by atoms with E-state index in [2.05, 4.69) is 24.3 Å². The molecule has 2 heterocycles. The van der Waals surface area contributed by atoms with Crippen LogP contribution < -0.4 is 4.74 Å². The summed E-state index contributed by atoms with van der Waals surface area (Å²) in [6, 6.07) is 27.7. The van der Waals surface area contributed by atoms with Crippen LogP contribution in [0.3, 0.4) is 0 Å². The van der Waals surface area contributed by atoms with E-state index in [9.17, 15) is 14.4 Å². The van der Waals surface area contributed by atoms with Crippen molar-refractivity contribution in [3.63, 3.8) is 0 Å². The zero-order chi connectivity index (χ0) is 32.9. The molecule has 2 saturated heterocycles. The van der Waals surface area contributed by atoms with Gasteiger partial charge >= 0.3 is 17.9 Å². The number of carbonyl (C=O) groups is 3. The standard InChI is InChI=1S/C39H29ClO7S/c1-44-36-27-9-5-2-6-23(27)31(20-48-33-15-17-46-38(33)42)29-18-21(11-13-28(29)36)22-10-12-26-30(19-22)34(24-7-3-4-8-25(24)35(26)40)39(43)47-32-14-16-45-37(32)41/h2-13,18-19,32-33H,14-17,20H2,1H3. The number of fused-ring (bicyclic) bond motifs is 4. The number of thioether (sulfide) groups is 1. The first-order chi connectivity index (χ1) is 23.4. The van der Waals surface area contributed by atoms with Crippen molar-refractivity contribution >= 4 is 84.4 Å². The molecule has 2 aliphatic rings. The fraction of sp³-hybridized carbons (Fsp3) is 0.205. The third-order valence-corrected chi connectivity index (χ3v) is 10.9. The lowest BCUT2D eigenvalue weighted by Gasteiger charge is -2.18. The molecular formula is C39H29ClO7S. The lowest BCUT2D eigenvalue weighted by atomic mass is 9.91. The van der Waals surface area contributed by atoms with Gasteiger partial charge in [-0.05, 0) is 50.4 Å². The van der Waals surface area contributed by atoms with Crippen molar-refractivity contribution in [3.8, 4) is 16.9 Å². The predicted molar refractivity (Wildman–Crippen MR) is 189 cm³/mol. The molecule has 9 heteroatoms. The minimum absolute atomic E-state index is 0.163. The minimum Gasteiger partial charge on any atom is -0.495 e.